The number of rotatable bonds is 1. The number of carboxylic acid groups (broad SMARTS) is 1. The third-order valence-electron chi connectivity index (χ3n) is 1.97. The molecule has 1 heterocycles. The number of aromatic carboxylic acids is 1. The van der Waals surface area contributed by atoms with Crippen LogP contribution in [0.3, 0.4) is 0 Å². The molecule has 15 heavy (non-hydrogen) atoms. The number of pyridine rings is 1. The van der Waals surface area contributed by atoms with Crippen LogP contribution in [0.2, 0.25) is 0 Å². The van der Waals surface area contributed by atoms with E-state index in [2.05, 4.69) is 4.98 Å². The number of benzene rings is 1. The Kier molecular flexibility index (Phi) is 3.90. The van der Waals surface area contributed by atoms with Gasteiger partial charge in [-0.1, -0.05) is 18.2 Å². The van der Waals surface area contributed by atoms with Gasteiger partial charge in [0, 0.05) is 5.39 Å². The van der Waals surface area contributed by atoms with Gasteiger partial charge in [0.1, 0.15) is 11.3 Å². The van der Waals surface area contributed by atoms with Gasteiger partial charge >= 0.3 is 43.7 Å². The van der Waals surface area contributed by atoms with Gasteiger partial charge in [-0.15, -0.1) is 0 Å². The molecule has 74 valence electrons. The van der Waals surface area contributed by atoms with Crippen LogP contribution < -0.4 is 0 Å². The zero-order chi connectivity index (χ0) is 10.1. The first-order valence-corrected chi connectivity index (χ1v) is 4.00. The Balaban J connectivity index is 0.00000112. The van der Waals surface area contributed by atoms with Gasteiger partial charge in [-0.25, -0.2) is 4.79 Å². The van der Waals surface area contributed by atoms with Crippen LogP contribution in [0.5, 0.6) is 5.75 Å². The maximum absolute atomic E-state index is 10.8. The summed E-state index contributed by atoms with van der Waals surface area (Å²) in [6, 6.07) is 6.78. The Morgan fingerprint density at radius 1 is 1.27 bits per heavy atom. The van der Waals surface area contributed by atoms with Crippen LogP contribution in [0.25, 0.3) is 10.9 Å². The van der Waals surface area contributed by atoms with Gasteiger partial charge in [-0.05, 0) is 6.07 Å². The molecule has 0 aliphatic rings. The predicted molar refractivity (Wildman–Crippen MR) is 58.9 cm³/mol. The molecule has 2 N–H and O–H groups in total. The number of carbonyl (C=O) groups is 1. The van der Waals surface area contributed by atoms with Crippen molar-refractivity contribution < 1.29 is 15.0 Å². The Labute approximate surface area is 116 Å². The molecule has 0 amide bonds. The molecule has 0 aliphatic carbocycles. The van der Waals surface area contributed by atoms with Crippen molar-refractivity contribution in [3.8, 4) is 5.75 Å². The van der Waals surface area contributed by atoms with Gasteiger partial charge < -0.3 is 10.2 Å². The maximum atomic E-state index is 10.8. The normalized spacial score (nSPS) is 9.60. The molecule has 5 heteroatoms. The van der Waals surface area contributed by atoms with E-state index in [0.29, 0.717) is 10.9 Å². The van der Waals surface area contributed by atoms with E-state index in [4.69, 9.17) is 5.11 Å². The van der Waals surface area contributed by atoms with Crippen molar-refractivity contribution in [2.24, 2.45) is 0 Å². The van der Waals surface area contributed by atoms with Gasteiger partial charge in [-0.2, -0.15) is 0 Å². The number of fused-ring (bicyclic) bond motifs is 1. The molecule has 0 saturated heterocycles. The molecule has 0 radical (unpaired) electrons. The van der Waals surface area contributed by atoms with Crippen LogP contribution in [0.15, 0.2) is 30.5 Å². The fourth-order valence-corrected chi connectivity index (χ4v) is 1.36. The minimum atomic E-state index is -1.15. The first kappa shape index (κ1) is 12.2. The second kappa shape index (κ2) is 4.79. The van der Waals surface area contributed by atoms with Crippen molar-refractivity contribution >= 4 is 54.6 Å². The molecule has 0 aliphatic heterocycles. The monoisotopic (exact) mass is 231 g/mol. The number of nitrogens with zero attached hydrogens (tertiary/aromatic N) is 1. The van der Waals surface area contributed by atoms with Gasteiger partial charge in [-0.3, -0.25) is 4.98 Å². The number of aromatic hydroxyl groups is 1. The molecule has 0 bridgehead atoms. The Bertz CT molecular complexity index is 513. The summed E-state index contributed by atoms with van der Waals surface area (Å²) in [6.07, 6.45) is 1.14. The quantitative estimate of drug-likeness (QED) is 0.709. The van der Waals surface area contributed by atoms with E-state index in [1.54, 1.807) is 24.3 Å². The number of hydrogen-bond donors (Lipinski definition) is 2. The molecule has 0 fully saturated rings. The minimum absolute atomic E-state index is 0. The fraction of sp³-hybridized carbons (Fsp3) is 0. The predicted octanol–water partition coefficient (Wildman–Crippen LogP) is 0.722. The van der Waals surface area contributed by atoms with Crippen LogP contribution >= 0.6 is 0 Å². The van der Waals surface area contributed by atoms with Crippen LogP contribution in [-0.4, -0.2) is 58.9 Å². The summed E-state index contributed by atoms with van der Waals surface area (Å²) in [4.78, 5) is 14.8. The van der Waals surface area contributed by atoms with E-state index in [9.17, 15) is 9.90 Å². The van der Waals surface area contributed by atoms with E-state index in [1.807, 2.05) is 0 Å². The molecule has 2 aromatic rings. The van der Waals surface area contributed by atoms with Crippen molar-refractivity contribution in [1.29, 1.82) is 0 Å². The van der Waals surface area contributed by atoms with Crippen LogP contribution in [-0.2, 0) is 0 Å². The summed E-state index contributed by atoms with van der Waals surface area (Å²) in [5.41, 5.74) is 0.457. The molecule has 0 spiro atoms. The molecule has 1 aromatic carbocycles. The number of carboxylic acids is 1. The zero-order valence-corrected chi connectivity index (χ0v) is 7.14. The van der Waals surface area contributed by atoms with Crippen molar-refractivity contribution in [1.82, 2.24) is 4.98 Å². The molecule has 4 nitrogen and oxygen atoms in total. The number of aromatic nitrogens is 1. The molecular weight excluding hydrogens is 222 g/mol. The van der Waals surface area contributed by atoms with E-state index < -0.39 is 5.97 Å². The van der Waals surface area contributed by atoms with Gasteiger partial charge in [0.05, 0.1) is 11.7 Å². The average Bonchev–Trinajstić information content (AvgIpc) is 2.17. The van der Waals surface area contributed by atoms with Crippen LogP contribution in [0.4, 0.5) is 0 Å². The number of para-hydroxylation sites is 1. The third-order valence-corrected chi connectivity index (χ3v) is 1.97. The third kappa shape index (κ3) is 2.22. The molecule has 0 unspecified atom stereocenters. The molecular formula is C10H9CaNO3. The summed E-state index contributed by atoms with van der Waals surface area (Å²) in [6.45, 7) is 0. The summed E-state index contributed by atoms with van der Waals surface area (Å²) >= 11 is 0. The average molecular weight is 231 g/mol. The van der Waals surface area contributed by atoms with Crippen molar-refractivity contribution in [3.05, 3.63) is 36.0 Å². The Morgan fingerprint density at radius 2 is 1.93 bits per heavy atom. The zero-order valence-electron chi connectivity index (χ0n) is 7.14. The second-order valence-corrected chi connectivity index (χ2v) is 2.84. The van der Waals surface area contributed by atoms with Crippen molar-refractivity contribution in [2.75, 3.05) is 0 Å². The first-order chi connectivity index (χ1) is 6.70. The topological polar surface area (TPSA) is 70.4 Å². The second-order valence-electron chi connectivity index (χ2n) is 2.84. The number of hydrogen-bond acceptors (Lipinski definition) is 3. The van der Waals surface area contributed by atoms with Crippen LogP contribution in [0, 0.1) is 0 Å². The fourth-order valence-electron chi connectivity index (χ4n) is 1.36. The van der Waals surface area contributed by atoms with Gasteiger partial charge in [0.25, 0.3) is 0 Å². The Hall–Kier alpha value is -0.840. The summed E-state index contributed by atoms with van der Waals surface area (Å²) in [5, 5.41) is 18.7. The van der Waals surface area contributed by atoms with Gasteiger partial charge in [0.15, 0.2) is 0 Å². The first-order valence-electron chi connectivity index (χ1n) is 4.00. The van der Waals surface area contributed by atoms with Crippen molar-refractivity contribution in [3.63, 3.8) is 0 Å². The van der Waals surface area contributed by atoms with E-state index in [1.165, 1.54) is 0 Å². The molecule has 0 atom stereocenters. The summed E-state index contributed by atoms with van der Waals surface area (Å²) < 4.78 is 0. The van der Waals surface area contributed by atoms with E-state index in [-0.39, 0.29) is 49.1 Å². The van der Waals surface area contributed by atoms with E-state index >= 15 is 0 Å². The van der Waals surface area contributed by atoms with Crippen LogP contribution in [0.1, 0.15) is 10.4 Å². The summed E-state index contributed by atoms with van der Waals surface area (Å²) in [7, 11) is 0. The molecule has 0 saturated carbocycles. The van der Waals surface area contributed by atoms with Gasteiger partial charge in [0.2, 0.25) is 0 Å². The standard InChI is InChI=1S/C10H7NO3.Ca.2H/c12-8-5-11-7-4-2-1-3-6(7)9(8)10(13)14;;;/h1-5,12H,(H,13,14);;;. The summed E-state index contributed by atoms with van der Waals surface area (Å²) in [5.74, 6) is -1.46. The Morgan fingerprint density at radius 3 is 2.60 bits per heavy atom. The molecule has 2 rings (SSSR count). The SMILES string of the molecule is O=C(O)c1c(O)cnc2ccccc12.[CaH2]. The van der Waals surface area contributed by atoms with E-state index in [0.717, 1.165) is 6.20 Å². The van der Waals surface area contributed by atoms with Crippen molar-refractivity contribution in [2.45, 2.75) is 0 Å². The molecule has 1 aromatic heterocycles.